The van der Waals surface area contributed by atoms with Crippen LogP contribution < -0.4 is 11.2 Å². The maximum absolute atomic E-state index is 12.2. The molecule has 0 unspecified atom stereocenters. The summed E-state index contributed by atoms with van der Waals surface area (Å²) < 4.78 is 23.7. The number of aliphatic hydroxyl groups is 3. The Morgan fingerprint density at radius 2 is 1.79 bits per heavy atom. The van der Waals surface area contributed by atoms with E-state index < -0.39 is 56.3 Å². The molecule has 0 radical (unpaired) electrons. The van der Waals surface area contributed by atoms with E-state index in [0.717, 1.165) is 20.0 Å². The molecule has 0 spiro atoms. The molecule has 1 aliphatic heterocycles. The molecule has 2 aromatic rings. The Kier molecular flexibility index (Phi) is 5.33. The van der Waals surface area contributed by atoms with Crippen molar-refractivity contribution < 1.29 is 38.9 Å². The Bertz CT molecular complexity index is 1050. The van der Waals surface area contributed by atoms with Crippen molar-refractivity contribution in [3.8, 4) is 0 Å². The highest BCUT2D eigenvalue weighted by Gasteiger charge is 2.45. The molecule has 0 aromatic carbocycles. The molecule has 156 valence electrons. The van der Waals surface area contributed by atoms with Crippen molar-refractivity contribution in [2.24, 2.45) is 14.1 Å². The molecule has 2 aromatic heterocycles. The number of imidazole rings is 1. The molecule has 5 N–H and O–H groups in total. The smallest absolute Gasteiger partial charge is 0.387 e. The average molecular weight is 422 g/mol. The van der Waals surface area contributed by atoms with Gasteiger partial charge >= 0.3 is 13.5 Å². The van der Waals surface area contributed by atoms with Gasteiger partial charge in [-0.2, -0.15) is 0 Å². The highest BCUT2D eigenvalue weighted by molar-refractivity contribution is 7.46. The van der Waals surface area contributed by atoms with Crippen molar-refractivity contribution in [1.82, 2.24) is 18.7 Å². The highest BCUT2D eigenvalue weighted by Crippen LogP contribution is 2.38. The van der Waals surface area contributed by atoms with Gasteiger partial charge in [-0.15, -0.1) is 0 Å². The summed E-state index contributed by atoms with van der Waals surface area (Å²) in [5.74, 6) is 0. The fourth-order valence-corrected chi connectivity index (χ4v) is 3.40. The van der Waals surface area contributed by atoms with Crippen molar-refractivity contribution in [1.29, 1.82) is 0 Å². The van der Waals surface area contributed by atoms with Crippen molar-refractivity contribution in [2.75, 3.05) is 6.61 Å². The summed E-state index contributed by atoms with van der Waals surface area (Å²) in [5.41, 5.74) is -1.49. The Morgan fingerprint density at radius 3 is 2.39 bits per heavy atom. The fraction of sp³-hybridized carbons (Fsp3) is 0.615. The van der Waals surface area contributed by atoms with Crippen LogP contribution in [-0.2, 0) is 27.9 Å². The molecule has 3 rings (SSSR count). The third-order valence-corrected chi connectivity index (χ3v) is 5.02. The maximum Gasteiger partial charge on any atom is 0.469 e. The van der Waals surface area contributed by atoms with Gasteiger partial charge in [0.25, 0.3) is 5.56 Å². The number of aryl methyl sites for hydroxylation is 1. The molecule has 1 fully saturated rings. The second-order valence-corrected chi connectivity index (χ2v) is 7.59. The van der Waals surface area contributed by atoms with Crippen LogP contribution in [0.4, 0.5) is 0 Å². The van der Waals surface area contributed by atoms with E-state index in [0.29, 0.717) is 0 Å². The number of aliphatic hydroxyl groups excluding tert-OH is 3. The lowest BCUT2D eigenvalue weighted by Gasteiger charge is -2.40. The number of nitrogens with zero attached hydrogens (tertiary/aromatic N) is 4. The first kappa shape index (κ1) is 20.8. The standard InChI is InChI=1S/C13H19N4O10P/c1-15-10-6(11(21)16(2)13(15)22)14-4-17(10)12-9(20)8(19)7(18)5(27-12)3-26-28(23,24)25/h4-5,7-9,12,18-20H,3H2,1-2H3,(H2,23,24,25)/t5-,7-,8+,9-,12-/m1/s1. The topological polar surface area (TPSA) is 198 Å². The van der Waals surface area contributed by atoms with Gasteiger partial charge in [-0.1, -0.05) is 0 Å². The summed E-state index contributed by atoms with van der Waals surface area (Å²) in [4.78, 5) is 46.0. The minimum Gasteiger partial charge on any atom is -0.387 e. The van der Waals surface area contributed by atoms with Crippen molar-refractivity contribution >= 4 is 19.0 Å². The Hall–Kier alpha value is -1.90. The largest absolute Gasteiger partial charge is 0.469 e. The summed E-state index contributed by atoms with van der Waals surface area (Å²) in [6, 6.07) is 0. The Labute approximate surface area is 156 Å². The monoisotopic (exact) mass is 422 g/mol. The number of fused-ring (bicyclic) bond motifs is 1. The SMILES string of the molecule is Cn1c(=O)c2ncn([C@@H]3O[C@H](COP(=O)(O)O)[C@@H](O)[C@H](O)[C@H]3O)c2n(C)c1=O. The van der Waals surface area contributed by atoms with Gasteiger partial charge in [0.05, 0.1) is 12.9 Å². The van der Waals surface area contributed by atoms with E-state index in [9.17, 15) is 29.5 Å². The number of hydrogen-bond donors (Lipinski definition) is 5. The molecule has 0 aliphatic carbocycles. The number of ether oxygens (including phenoxy) is 1. The number of aromatic nitrogens is 4. The van der Waals surface area contributed by atoms with Crippen LogP contribution in [0.1, 0.15) is 6.23 Å². The van der Waals surface area contributed by atoms with E-state index in [4.69, 9.17) is 14.5 Å². The van der Waals surface area contributed by atoms with E-state index in [1.807, 2.05) is 0 Å². The van der Waals surface area contributed by atoms with Gasteiger partial charge in [-0.05, 0) is 0 Å². The molecule has 14 nitrogen and oxygen atoms in total. The second-order valence-electron chi connectivity index (χ2n) is 6.35. The van der Waals surface area contributed by atoms with Crippen LogP contribution in [0.5, 0.6) is 0 Å². The third kappa shape index (κ3) is 3.44. The zero-order chi connectivity index (χ0) is 21.0. The van der Waals surface area contributed by atoms with Crippen LogP contribution in [0.25, 0.3) is 11.2 Å². The molecule has 0 bridgehead atoms. The van der Waals surface area contributed by atoms with Crippen molar-refractivity contribution in [3.05, 3.63) is 27.2 Å². The molecular weight excluding hydrogens is 403 g/mol. The fourth-order valence-electron chi connectivity index (χ4n) is 3.05. The molecule has 0 amide bonds. The van der Waals surface area contributed by atoms with Crippen molar-refractivity contribution in [3.63, 3.8) is 0 Å². The number of rotatable bonds is 4. The normalized spacial score (nSPS) is 28.8. The summed E-state index contributed by atoms with van der Waals surface area (Å²) in [5, 5.41) is 30.4. The molecule has 3 heterocycles. The van der Waals surface area contributed by atoms with Gasteiger partial charge in [0, 0.05) is 14.1 Å². The van der Waals surface area contributed by atoms with Gasteiger partial charge in [0.2, 0.25) is 0 Å². The minimum atomic E-state index is -4.88. The van der Waals surface area contributed by atoms with E-state index in [1.54, 1.807) is 0 Å². The lowest BCUT2D eigenvalue weighted by atomic mass is 9.98. The first-order chi connectivity index (χ1) is 12.9. The lowest BCUT2D eigenvalue weighted by Crippen LogP contribution is -2.56. The summed E-state index contributed by atoms with van der Waals surface area (Å²) in [6.45, 7) is -0.793. The zero-order valence-corrected chi connectivity index (χ0v) is 15.6. The second kappa shape index (κ2) is 7.17. The van der Waals surface area contributed by atoms with Crippen LogP contribution in [0.3, 0.4) is 0 Å². The zero-order valence-electron chi connectivity index (χ0n) is 14.7. The van der Waals surface area contributed by atoms with E-state index in [-0.39, 0.29) is 11.2 Å². The quantitative estimate of drug-likeness (QED) is 0.307. The average Bonchev–Trinajstić information content (AvgIpc) is 3.06. The minimum absolute atomic E-state index is 0.0182. The van der Waals surface area contributed by atoms with Gasteiger partial charge in [0.1, 0.15) is 24.4 Å². The van der Waals surface area contributed by atoms with Gasteiger partial charge < -0.3 is 29.8 Å². The van der Waals surface area contributed by atoms with Crippen LogP contribution in [0, 0.1) is 0 Å². The Balaban J connectivity index is 2.06. The van der Waals surface area contributed by atoms with Gasteiger partial charge in [0.15, 0.2) is 17.4 Å². The number of phosphoric acid groups is 1. The first-order valence-electron chi connectivity index (χ1n) is 7.96. The Morgan fingerprint density at radius 1 is 1.14 bits per heavy atom. The molecule has 15 heteroatoms. The first-order valence-corrected chi connectivity index (χ1v) is 9.49. The summed E-state index contributed by atoms with van der Waals surface area (Å²) in [7, 11) is -2.26. The van der Waals surface area contributed by atoms with Crippen LogP contribution in [-0.4, -0.2) is 74.8 Å². The highest BCUT2D eigenvalue weighted by atomic mass is 31.2. The van der Waals surface area contributed by atoms with E-state index in [2.05, 4.69) is 9.51 Å². The third-order valence-electron chi connectivity index (χ3n) is 4.53. The van der Waals surface area contributed by atoms with E-state index >= 15 is 0 Å². The summed E-state index contributed by atoms with van der Waals surface area (Å²) >= 11 is 0. The predicted molar refractivity (Wildman–Crippen MR) is 90.1 cm³/mol. The molecule has 0 saturated carbocycles. The maximum atomic E-state index is 12.2. The lowest BCUT2D eigenvalue weighted by molar-refractivity contribution is -0.249. The van der Waals surface area contributed by atoms with Gasteiger partial charge in [-0.3, -0.25) is 23.0 Å². The van der Waals surface area contributed by atoms with Gasteiger partial charge in [-0.25, -0.2) is 14.3 Å². The number of phosphoric ester groups is 1. The molecule has 5 atom stereocenters. The van der Waals surface area contributed by atoms with Crippen LogP contribution in [0.15, 0.2) is 15.9 Å². The number of hydrogen-bond acceptors (Lipinski definition) is 9. The molecule has 28 heavy (non-hydrogen) atoms. The molecular formula is C13H19N4O10P. The summed E-state index contributed by atoms with van der Waals surface area (Å²) in [6.07, 6.45) is -6.97. The predicted octanol–water partition coefficient (Wildman–Crippen LogP) is -3.48. The van der Waals surface area contributed by atoms with Crippen LogP contribution in [0.2, 0.25) is 0 Å². The van der Waals surface area contributed by atoms with Crippen LogP contribution >= 0.6 is 7.82 Å². The van der Waals surface area contributed by atoms with E-state index in [1.165, 1.54) is 14.1 Å². The molecule has 1 saturated heterocycles. The molecule has 1 aliphatic rings. The van der Waals surface area contributed by atoms with Crippen molar-refractivity contribution in [2.45, 2.75) is 30.6 Å².